The summed E-state index contributed by atoms with van der Waals surface area (Å²) < 4.78 is 19.1. The van der Waals surface area contributed by atoms with E-state index >= 15 is 0 Å². The Labute approximate surface area is 308 Å². The van der Waals surface area contributed by atoms with Crippen LogP contribution in [0.4, 0.5) is 0 Å². The van der Waals surface area contributed by atoms with Gasteiger partial charge in [-0.3, -0.25) is 0 Å². The van der Waals surface area contributed by atoms with Crippen molar-refractivity contribution >= 4 is 75.4 Å². The van der Waals surface area contributed by atoms with Gasteiger partial charge < -0.3 is 0 Å². The van der Waals surface area contributed by atoms with Crippen LogP contribution < -0.4 is 0 Å². The van der Waals surface area contributed by atoms with E-state index in [1.165, 1.54) is 0 Å². The van der Waals surface area contributed by atoms with Gasteiger partial charge in [0.05, 0.1) is 0 Å². The molecule has 260 valence electrons. The molecule has 0 radical (unpaired) electrons. The number of benzene rings is 3. The van der Waals surface area contributed by atoms with Crippen molar-refractivity contribution in [1.29, 1.82) is 0 Å². The van der Waals surface area contributed by atoms with Gasteiger partial charge in [-0.25, -0.2) is 0 Å². The molecule has 3 rings (SSSR count). The second-order valence-corrected chi connectivity index (χ2v) is 20.3. The number of thiol groups is 3. The van der Waals surface area contributed by atoms with E-state index in [2.05, 4.69) is 44.8 Å². The third kappa shape index (κ3) is 14.0. The van der Waals surface area contributed by atoms with Crippen molar-refractivity contribution in [3.05, 3.63) is 108 Å². The molecule has 0 spiro atoms. The Hall–Kier alpha value is -2.08. The van der Waals surface area contributed by atoms with Gasteiger partial charge in [0.25, 0.3) is 0 Å². The molecule has 10 heteroatoms. The summed E-state index contributed by atoms with van der Waals surface area (Å²) in [6.07, 6.45) is 6.93. The van der Waals surface area contributed by atoms with Gasteiger partial charge in [0, 0.05) is 0 Å². The molecule has 0 N–H and O–H groups in total. The summed E-state index contributed by atoms with van der Waals surface area (Å²) in [7, 11) is 0. The molecule has 3 atom stereocenters. The molecule has 0 heterocycles. The van der Waals surface area contributed by atoms with Gasteiger partial charge in [0.15, 0.2) is 0 Å². The number of carbonyl (C=O) groups excluding carboxylic acids is 3. The Bertz CT molecular complexity index is 1210. The van der Waals surface area contributed by atoms with E-state index in [-0.39, 0.29) is 21.7 Å². The van der Waals surface area contributed by atoms with Crippen LogP contribution in [-0.4, -0.2) is 54.8 Å². The van der Waals surface area contributed by atoms with E-state index in [0.717, 1.165) is 48.8 Å². The Kier molecular flexibility index (Phi) is 19.0. The molecular weight excluding hydrogens is 767 g/mol. The average Bonchev–Trinajstić information content (AvgIpc) is 3.11. The van der Waals surface area contributed by atoms with Gasteiger partial charge in [-0.15, -0.1) is 0 Å². The van der Waals surface area contributed by atoms with Gasteiger partial charge in [-0.1, -0.05) is 0 Å². The van der Waals surface area contributed by atoms with Crippen LogP contribution in [0.15, 0.2) is 91.0 Å². The molecule has 0 aliphatic carbocycles. The number of carbonyl (C=O) groups is 3. The second kappa shape index (κ2) is 22.6. The fourth-order valence-electron chi connectivity index (χ4n) is 5.41. The van der Waals surface area contributed by atoms with Crippen molar-refractivity contribution < 1.29 is 23.6 Å². The van der Waals surface area contributed by atoms with Crippen molar-refractivity contribution in [2.45, 2.75) is 69.1 Å². The van der Waals surface area contributed by atoms with E-state index in [1.54, 1.807) is 0 Å². The van der Waals surface area contributed by atoms with E-state index in [4.69, 9.17) is 9.22 Å². The van der Waals surface area contributed by atoms with Crippen molar-refractivity contribution in [3.63, 3.8) is 0 Å². The standard InChI is InChI=1S/3C10H12O2S.C8H17.Sn/c3*11-10(12)9(7-13)6-8-4-2-1-3-5-8;1-3-5-7-8-6-4-2;/h3*1-5,9,13H,6-7H2,(H,11,12);1,3-8H2,2H3;/q;;;;+3/p-3. The zero-order chi connectivity index (χ0) is 34.6. The minimum absolute atomic E-state index is 0.212. The molecule has 6 nitrogen and oxygen atoms in total. The molecule has 0 bridgehead atoms. The first-order chi connectivity index (χ1) is 23.3. The number of hydrogen-bond donors (Lipinski definition) is 3. The third-order valence-electron chi connectivity index (χ3n) is 8.24. The summed E-state index contributed by atoms with van der Waals surface area (Å²) >= 11 is 8.13. The summed E-state index contributed by atoms with van der Waals surface area (Å²) in [4.78, 5) is 41.9. The molecule has 0 aliphatic heterocycles. The zero-order valence-corrected chi connectivity index (χ0v) is 33.4. The maximum absolute atomic E-state index is 14.0. The van der Waals surface area contributed by atoms with Crippen molar-refractivity contribution in [1.82, 2.24) is 0 Å². The third-order valence-corrected chi connectivity index (χ3v) is 16.7. The molecule has 3 aromatic carbocycles. The predicted octanol–water partition coefficient (Wildman–Crippen LogP) is 8.28. The molecule has 0 amide bonds. The van der Waals surface area contributed by atoms with E-state index in [0.29, 0.717) is 25.7 Å². The number of hydrogen-bond acceptors (Lipinski definition) is 9. The van der Waals surface area contributed by atoms with Gasteiger partial charge >= 0.3 is 311 Å². The Balaban J connectivity index is 1.95. The Morgan fingerprint density at radius 2 is 0.833 bits per heavy atom. The van der Waals surface area contributed by atoms with Gasteiger partial charge in [0.2, 0.25) is 0 Å². The quantitative estimate of drug-likeness (QED) is 0.0539. The molecule has 0 aliphatic rings. The summed E-state index contributed by atoms with van der Waals surface area (Å²) in [5.74, 6) is -2.90. The fourth-order valence-corrected chi connectivity index (χ4v) is 13.5. The van der Waals surface area contributed by atoms with Crippen LogP contribution in [0.2, 0.25) is 4.44 Å². The van der Waals surface area contributed by atoms with E-state index in [9.17, 15) is 14.4 Å². The SMILES string of the molecule is CCCCCCC[CH2][Sn]([O]C(=O)C(CS)Cc1ccccc1)([O]C(=O)C(CS)Cc1ccccc1)[O]C(=O)C(CS)Cc1ccccc1. The van der Waals surface area contributed by atoms with Crippen LogP contribution in [0, 0.1) is 17.8 Å². The van der Waals surface area contributed by atoms with Crippen molar-refractivity contribution in [3.8, 4) is 0 Å². The number of unbranched alkanes of at least 4 members (excludes halogenated alkanes) is 5. The maximum atomic E-state index is 14.0. The monoisotopic (exact) mass is 818 g/mol. The molecule has 0 saturated carbocycles. The number of rotatable bonds is 22. The van der Waals surface area contributed by atoms with Crippen LogP contribution >= 0.6 is 37.9 Å². The molecular formula is C38H50O6S3Sn. The van der Waals surface area contributed by atoms with Crippen molar-refractivity contribution in [2.24, 2.45) is 17.8 Å². The van der Waals surface area contributed by atoms with Crippen molar-refractivity contribution in [2.75, 3.05) is 17.3 Å². The topological polar surface area (TPSA) is 78.9 Å². The van der Waals surface area contributed by atoms with Crippen LogP contribution in [0.3, 0.4) is 0 Å². The summed E-state index contributed by atoms with van der Waals surface area (Å²) in [6, 6.07) is 28.9. The van der Waals surface area contributed by atoms with Crippen LogP contribution in [-0.2, 0) is 42.9 Å². The first-order valence-electron chi connectivity index (χ1n) is 17.0. The Morgan fingerprint density at radius 3 is 1.15 bits per heavy atom. The summed E-state index contributed by atoms with van der Waals surface area (Å²) in [5, 5.41) is 0. The molecule has 0 aromatic heterocycles. The first-order valence-corrected chi connectivity index (χ1v) is 24.4. The van der Waals surface area contributed by atoms with E-state index in [1.807, 2.05) is 91.0 Å². The first kappa shape index (κ1) is 40.3. The molecule has 48 heavy (non-hydrogen) atoms. The molecule has 3 unspecified atom stereocenters. The van der Waals surface area contributed by atoms with Gasteiger partial charge in [-0.2, -0.15) is 0 Å². The Morgan fingerprint density at radius 1 is 0.521 bits per heavy atom. The predicted molar refractivity (Wildman–Crippen MR) is 205 cm³/mol. The van der Waals surface area contributed by atoms with Gasteiger partial charge in [-0.05, 0) is 0 Å². The molecule has 3 aromatic rings. The zero-order valence-electron chi connectivity index (χ0n) is 27.9. The minimum atomic E-state index is -5.33. The average molecular weight is 818 g/mol. The fraction of sp³-hybridized carbons (Fsp3) is 0.447. The second-order valence-electron chi connectivity index (χ2n) is 12.2. The normalized spacial score (nSPS) is 14.2. The van der Waals surface area contributed by atoms with Gasteiger partial charge in [0.1, 0.15) is 0 Å². The van der Waals surface area contributed by atoms with Crippen LogP contribution in [0.1, 0.15) is 62.1 Å². The van der Waals surface area contributed by atoms with E-state index < -0.39 is 55.3 Å². The molecule has 0 fully saturated rings. The summed E-state index contributed by atoms with van der Waals surface area (Å²) in [5.41, 5.74) is 2.86. The summed E-state index contributed by atoms with van der Waals surface area (Å²) in [6.45, 7) is 2.16. The van der Waals surface area contributed by atoms with Crippen LogP contribution in [0.25, 0.3) is 0 Å². The molecule has 0 saturated heterocycles. The van der Waals surface area contributed by atoms with Crippen LogP contribution in [0.5, 0.6) is 0 Å².